The van der Waals surface area contributed by atoms with Crippen LogP contribution in [0.3, 0.4) is 0 Å². The third-order valence-corrected chi connectivity index (χ3v) is 2.81. The number of aromatic nitrogens is 1. The summed E-state index contributed by atoms with van der Waals surface area (Å²) in [6.45, 7) is 6.34. The molecule has 0 saturated heterocycles. The molecule has 1 heterocycles. The molecule has 0 radical (unpaired) electrons. The normalized spacial score (nSPS) is 10.3. The summed E-state index contributed by atoms with van der Waals surface area (Å²) in [5.41, 5.74) is 6.31. The lowest BCUT2D eigenvalue weighted by atomic mass is 9.97. The molecule has 0 bridgehead atoms. The highest BCUT2D eigenvalue weighted by Crippen LogP contribution is 2.25. The van der Waals surface area contributed by atoms with Gasteiger partial charge in [0.15, 0.2) is 0 Å². The molecule has 0 atom stereocenters. The van der Waals surface area contributed by atoms with Gasteiger partial charge in [-0.05, 0) is 55.2 Å². The molecular formula is C14H15N. The largest absolute Gasteiger partial charge is 0.262 e. The van der Waals surface area contributed by atoms with Gasteiger partial charge >= 0.3 is 0 Å². The molecule has 1 aromatic carbocycles. The van der Waals surface area contributed by atoms with Crippen LogP contribution in [-0.4, -0.2) is 4.98 Å². The number of hydrogen-bond donors (Lipinski definition) is 0. The molecule has 1 aromatic heterocycles. The molecule has 0 aliphatic carbocycles. The van der Waals surface area contributed by atoms with E-state index in [0.717, 1.165) is 5.69 Å². The van der Waals surface area contributed by atoms with E-state index in [0.29, 0.717) is 0 Å². The van der Waals surface area contributed by atoms with Crippen molar-refractivity contribution in [2.24, 2.45) is 0 Å². The Morgan fingerprint density at radius 2 is 1.80 bits per heavy atom. The van der Waals surface area contributed by atoms with E-state index in [9.17, 15) is 0 Å². The summed E-state index contributed by atoms with van der Waals surface area (Å²) in [7, 11) is 0. The molecule has 2 aromatic rings. The molecular weight excluding hydrogens is 182 g/mol. The van der Waals surface area contributed by atoms with Crippen molar-refractivity contribution in [3.05, 3.63) is 53.3 Å². The first-order valence-electron chi connectivity index (χ1n) is 5.18. The van der Waals surface area contributed by atoms with Crippen LogP contribution in [0.2, 0.25) is 0 Å². The lowest BCUT2D eigenvalue weighted by Crippen LogP contribution is -1.88. The van der Waals surface area contributed by atoms with Crippen molar-refractivity contribution in [2.45, 2.75) is 20.8 Å². The van der Waals surface area contributed by atoms with Crippen LogP contribution in [0, 0.1) is 20.8 Å². The molecule has 0 amide bonds. The van der Waals surface area contributed by atoms with Crippen LogP contribution in [0.4, 0.5) is 0 Å². The molecule has 2 rings (SSSR count). The Kier molecular flexibility index (Phi) is 2.55. The molecule has 0 fully saturated rings. The van der Waals surface area contributed by atoms with Crippen LogP contribution in [-0.2, 0) is 0 Å². The average Bonchev–Trinajstić information content (AvgIpc) is 2.22. The molecule has 0 saturated carbocycles. The Labute approximate surface area is 90.8 Å². The van der Waals surface area contributed by atoms with E-state index in [4.69, 9.17) is 0 Å². The number of aryl methyl sites for hydroxylation is 2. The van der Waals surface area contributed by atoms with Crippen LogP contribution in [0.15, 0.2) is 36.5 Å². The lowest BCUT2D eigenvalue weighted by Gasteiger charge is -2.08. The summed E-state index contributed by atoms with van der Waals surface area (Å²) in [4.78, 5) is 4.22. The minimum absolute atomic E-state index is 1.06. The van der Waals surface area contributed by atoms with E-state index in [2.05, 4.69) is 49.2 Å². The summed E-state index contributed by atoms with van der Waals surface area (Å²) in [5.74, 6) is 0. The van der Waals surface area contributed by atoms with Crippen LogP contribution in [0.5, 0.6) is 0 Å². The molecule has 15 heavy (non-hydrogen) atoms. The zero-order valence-electron chi connectivity index (χ0n) is 9.41. The van der Waals surface area contributed by atoms with E-state index in [1.54, 1.807) is 0 Å². The Hall–Kier alpha value is -1.63. The smallest absolute Gasteiger partial charge is 0.0378 e. The second kappa shape index (κ2) is 3.85. The third-order valence-electron chi connectivity index (χ3n) is 2.81. The summed E-state index contributed by atoms with van der Waals surface area (Å²) in [6.07, 6.45) is 1.87. The predicted octanol–water partition coefficient (Wildman–Crippen LogP) is 3.67. The van der Waals surface area contributed by atoms with E-state index >= 15 is 0 Å². The zero-order chi connectivity index (χ0) is 10.8. The highest BCUT2D eigenvalue weighted by atomic mass is 14.6. The molecule has 0 aliphatic heterocycles. The van der Waals surface area contributed by atoms with Gasteiger partial charge in [-0.3, -0.25) is 4.98 Å². The molecule has 0 spiro atoms. The van der Waals surface area contributed by atoms with Crippen LogP contribution in [0.25, 0.3) is 11.1 Å². The Bertz CT molecular complexity index is 486. The molecule has 76 valence electrons. The number of nitrogens with zero attached hydrogens (tertiary/aromatic N) is 1. The summed E-state index contributed by atoms with van der Waals surface area (Å²) < 4.78 is 0. The van der Waals surface area contributed by atoms with Gasteiger partial charge in [0.05, 0.1) is 0 Å². The molecule has 0 aliphatic rings. The quantitative estimate of drug-likeness (QED) is 0.679. The lowest BCUT2D eigenvalue weighted by molar-refractivity contribution is 1.20. The standard InChI is InChI=1S/C14H15N/c1-10-5-4-6-14(12(10)3)13-7-8-15-11(2)9-13/h4-9H,1-3H3. The number of benzene rings is 1. The number of pyridine rings is 1. The van der Waals surface area contributed by atoms with Crippen molar-refractivity contribution in [3.63, 3.8) is 0 Å². The monoisotopic (exact) mass is 197 g/mol. The summed E-state index contributed by atoms with van der Waals surface area (Å²) >= 11 is 0. The van der Waals surface area contributed by atoms with Gasteiger partial charge in [0, 0.05) is 11.9 Å². The van der Waals surface area contributed by atoms with E-state index < -0.39 is 0 Å². The van der Waals surface area contributed by atoms with Gasteiger partial charge < -0.3 is 0 Å². The van der Waals surface area contributed by atoms with Crippen LogP contribution < -0.4 is 0 Å². The first kappa shape index (κ1) is 9.91. The third kappa shape index (κ3) is 1.91. The van der Waals surface area contributed by atoms with Gasteiger partial charge in [-0.1, -0.05) is 18.2 Å². The maximum absolute atomic E-state index is 4.22. The predicted molar refractivity (Wildman–Crippen MR) is 63.9 cm³/mol. The van der Waals surface area contributed by atoms with Crippen LogP contribution in [0.1, 0.15) is 16.8 Å². The van der Waals surface area contributed by atoms with Crippen LogP contribution >= 0.6 is 0 Å². The SMILES string of the molecule is Cc1cc(-c2cccc(C)c2C)ccn1. The fraction of sp³-hybridized carbons (Fsp3) is 0.214. The Morgan fingerprint density at radius 1 is 1.00 bits per heavy atom. The first-order chi connectivity index (χ1) is 7.18. The maximum Gasteiger partial charge on any atom is 0.0378 e. The highest BCUT2D eigenvalue weighted by molar-refractivity contribution is 5.68. The summed E-state index contributed by atoms with van der Waals surface area (Å²) in [6, 6.07) is 10.6. The maximum atomic E-state index is 4.22. The van der Waals surface area contributed by atoms with Crippen molar-refractivity contribution < 1.29 is 0 Å². The van der Waals surface area contributed by atoms with Gasteiger partial charge in [0.25, 0.3) is 0 Å². The minimum Gasteiger partial charge on any atom is -0.262 e. The van der Waals surface area contributed by atoms with E-state index in [1.165, 1.54) is 22.3 Å². The fourth-order valence-corrected chi connectivity index (χ4v) is 1.78. The molecule has 1 nitrogen and oxygen atoms in total. The number of rotatable bonds is 1. The summed E-state index contributed by atoms with van der Waals surface area (Å²) in [5, 5.41) is 0. The molecule has 1 heteroatoms. The van der Waals surface area contributed by atoms with Gasteiger partial charge in [0.2, 0.25) is 0 Å². The van der Waals surface area contributed by atoms with Gasteiger partial charge in [-0.2, -0.15) is 0 Å². The van der Waals surface area contributed by atoms with Crippen molar-refractivity contribution in [1.29, 1.82) is 0 Å². The van der Waals surface area contributed by atoms with Crippen molar-refractivity contribution in [1.82, 2.24) is 4.98 Å². The average molecular weight is 197 g/mol. The van der Waals surface area contributed by atoms with E-state index in [-0.39, 0.29) is 0 Å². The fourth-order valence-electron chi connectivity index (χ4n) is 1.78. The Balaban J connectivity index is 2.59. The molecule has 0 N–H and O–H groups in total. The van der Waals surface area contributed by atoms with Crippen molar-refractivity contribution >= 4 is 0 Å². The second-order valence-corrected chi connectivity index (χ2v) is 3.93. The number of hydrogen-bond acceptors (Lipinski definition) is 1. The second-order valence-electron chi connectivity index (χ2n) is 3.93. The van der Waals surface area contributed by atoms with Gasteiger partial charge in [-0.25, -0.2) is 0 Å². The van der Waals surface area contributed by atoms with Gasteiger partial charge in [0.1, 0.15) is 0 Å². The zero-order valence-corrected chi connectivity index (χ0v) is 9.41. The van der Waals surface area contributed by atoms with Crippen molar-refractivity contribution in [2.75, 3.05) is 0 Å². The molecule has 0 unspecified atom stereocenters. The highest BCUT2D eigenvalue weighted by Gasteiger charge is 2.03. The topological polar surface area (TPSA) is 12.9 Å². The minimum atomic E-state index is 1.06. The Morgan fingerprint density at radius 3 is 2.53 bits per heavy atom. The van der Waals surface area contributed by atoms with Crippen molar-refractivity contribution in [3.8, 4) is 11.1 Å². The first-order valence-corrected chi connectivity index (χ1v) is 5.18. The van der Waals surface area contributed by atoms with Gasteiger partial charge in [-0.15, -0.1) is 0 Å². The van der Waals surface area contributed by atoms with E-state index in [1.807, 2.05) is 13.1 Å².